The van der Waals surface area contributed by atoms with E-state index in [0.29, 0.717) is 0 Å². The highest BCUT2D eigenvalue weighted by molar-refractivity contribution is 9.11. The summed E-state index contributed by atoms with van der Waals surface area (Å²) < 4.78 is 1.68. The molecule has 0 fully saturated rings. The Bertz CT molecular complexity index is 326. The molecule has 0 saturated heterocycles. The van der Waals surface area contributed by atoms with Gasteiger partial charge in [-0.2, -0.15) is 0 Å². The summed E-state index contributed by atoms with van der Waals surface area (Å²) in [4.78, 5) is 0. The number of phenolic OH excluding ortho intramolecular Hbond substituents is 1. The van der Waals surface area contributed by atoms with Crippen LogP contribution in [0.25, 0.3) is 0 Å². The third-order valence-corrected chi connectivity index (χ3v) is 3.14. The van der Waals surface area contributed by atoms with E-state index in [1.54, 1.807) is 6.07 Å². The summed E-state index contributed by atoms with van der Waals surface area (Å²) >= 11 is 6.74. The predicted octanol–water partition coefficient (Wildman–Crippen LogP) is 4.21. The van der Waals surface area contributed by atoms with Gasteiger partial charge in [-0.05, 0) is 39.0 Å². The van der Waals surface area contributed by atoms with E-state index in [1.807, 2.05) is 6.07 Å². The van der Waals surface area contributed by atoms with Crippen molar-refractivity contribution in [1.29, 1.82) is 0 Å². The van der Waals surface area contributed by atoms with Crippen LogP contribution in [0.3, 0.4) is 0 Å². The first-order valence-corrected chi connectivity index (χ1v) is 5.59. The van der Waals surface area contributed by atoms with Crippen LogP contribution in [-0.4, -0.2) is 5.11 Å². The zero-order chi connectivity index (χ0) is 10.2. The maximum atomic E-state index is 9.41. The molecule has 0 spiro atoms. The van der Waals surface area contributed by atoms with E-state index in [1.165, 1.54) is 5.56 Å². The lowest BCUT2D eigenvalue weighted by atomic mass is 9.87. The van der Waals surface area contributed by atoms with Gasteiger partial charge in [0, 0.05) is 4.47 Å². The molecule has 0 aliphatic carbocycles. The number of aromatic hydroxyl groups is 1. The summed E-state index contributed by atoms with van der Waals surface area (Å²) in [5, 5.41) is 9.41. The second-order valence-electron chi connectivity index (χ2n) is 4.03. The van der Waals surface area contributed by atoms with Crippen LogP contribution in [-0.2, 0) is 5.41 Å². The summed E-state index contributed by atoms with van der Waals surface area (Å²) in [6, 6.07) is 3.66. The van der Waals surface area contributed by atoms with Crippen LogP contribution in [0.2, 0.25) is 0 Å². The third kappa shape index (κ3) is 2.47. The second-order valence-corrected chi connectivity index (χ2v) is 5.74. The van der Waals surface area contributed by atoms with Crippen molar-refractivity contribution >= 4 is 31.9 Å². The largest absolute Gasteiger partial charge is 0.507 e. The number of hydrogen-bond acceptors (Lipinski definition) is 1. The van der Waals surface area contributed by atoms with Gasteiger partial charge in [0.15, 0.2) is 0 Å². The molecule has 0 heterocycles. The molecule has 0 aliphatic heterocycles. The van der Waals surface area contributed by atoms with Gasteiger partial charge in [0.25, 0.3) is 0 Å². The Labute approximate surface area is 95.4 Å². The zero-order valence-electron chi connectivity index (χ0n) is 7.86. The van der Waals surface area contributed by atoms with Gasteiger partial charge in [-0.25, -0.2) is 0 Å². The predicted molar refractivity (Wildman–Crippen MR) is 62.2 cm³/mol. The van der Waals surface area contributed by atoms with Crippen molar-refractivity contribution in [2.75, 3.05) is 0 Å². The van der Waals surface area contributed by atoms with Crippen molar-refractivity contribution in [2.24, 2.45) is 0 Å². The van der Waals surface area contributed by atoms with E-state index >= 15 is 0 Å². The molecule has 13 heavy (non-hydrogen) atoms. The maximum absolute atomic E-state index is 9.41. The molecule has 0 bridgehead atoms. The van der Waals surface area contributed by atoms with Crippen LogP contribution in [0.15, 0.2) is 21.1 Å². The molecule has 0 saturated carbocycles. The second kappa shape index (κ2) is 3.62. The summed E-state index contributed by atoms with van der Waals surface area (Å²) in [6.45, 7) is 6.41. The van der Waals surface area contributed by atoms with E-state index < -0.39 is 0 Å². The summed E-state index contributed by atoms with van der Waals surface area (Å²) in [5.41, 5.74) is 1.26. The normalized spacial score (nSPS) is 11.8. The van der Waals surface area contributed by atoms with Crippen LogP contribution in [0, 0.1) is 0 Å². The average molecular weight is 308 g/mol. The maximum Gasteiger partial charge on any atom is 0.130 e. The van der Waals surface area contributed by atoms with Gasteiger partial charge in [0.1, 0.15) is 5.75 Å². The van der Waals surface area contributed by atoms with Gasteiger partial charge in [-0.1, -0.05) is 36.7 Å². The number of benzene rings is 1. The summed E-state index contributed by atoms with van der Waals surface area (Å²) in [5.74, 6) is 0.264. The Morgan fingerprint density at radius 2 is 1.62 bits per heavy atom. The van der Waals surface area contributed by atoms with Crippen molar-refractivity contribution in [3.63, 3.8) is 0 Å². The van der Waals surface area contributed by atoms with Crippen LogP contribution >= 0.6 is 31.9 Å². The summed E-state index contributed by atoms with van der Waals surface area (Å²) in [7, 11) is 0. The topological polar surface area (TPSA) is 20.2 Å². The van der Waals surface area contributed by atoms with E-state index in [4.69, 9.17) is 0 Å². The first-order chi connectivity index (χ1) is 5.82. The standard InChI is InChI=1S/C10H12Br2O/c1-10(2,3)6-4-8(12)9(13)5-7(6)11/h4-5,13H,1-3H3. The Morgan fingerprint density at radius 3 is 2.08 bits per heavy atom. The Kier molecular flexibility index (Phi) is 3.08. The third-order valence-electron chi connectivity index (χ3n) is 1.84. The van der Waals surface area contributed by atoms with Gasteiger partial charge >= 0.3 is 0 Å². The molecule has 0 atom stereocenters. The summed E-state index contributed by atoms with van der Waals surface area (Å²) in [6.07, 6.45) is 0. The minimum absolute atomic E-state index is 0.0784. The van der Waals surface area contributed by atoms with Gasteiger partial charge in [0.2, 0.25) is 0 Å². The Balaban J connectivity index is 3.32. The van der Waals surface area contributed by atoms with E-state index in [2.05, 4.69) is 52.6 Å². The molecule has 1 rings (SSSR count). The van der Waals surface area contributed by atoms with Crippen molar-refractivity contribution < 1.29 is 5.11 Å². The lowest BCUT2D eigenvalue weighted by molar-refractivity contribution is 0.470. The van der Waals surface area contributed by atoms with E-state index in [0.717, 1.165) is 8.95 Å². The molecule has 0 aromatic heterocycles. The SMILES string of the molecule is CC(C)(C)c1cc(Br)c(O)cc1Br. The minimum Gasteiger partial charge on any atom is -0.507 e. The number of phenols is 1. The fraction of sp³-hybridized carbons (Fsp3) is 0.400. The monoisotopic (exact) mass is 306 g/mol. The molecule has 1 aromatic rings. The zero-order valence-corrected chi connectivity index (χ0v) is 11.0. The highest BCUT2D eigenvalue weighted by Gasteiger charge is 2.18. The Hall–Kier alpha value is -0.0200. The quantitative estimate of drug-likeness (QED) is 0.761. The first-order valence-electron chi connectivity index (χ1n) is 4.01. The highest BCUT2D eigenvalue weighted by atomic mass is 79.9. The Morgan fingerprint density at radius 1 is 1.08 bits per heavy atom. The van der Waals surface area contributed by atoms with E-state index in [9.17, 15) is 5.11 Å². The van der Waals surface area contributed by atoms with Crippen LogP contribution in [0.4, 0.5) is 0 Å². The molecule has 1 aromatic carbocycles. The molecule has 1 N–H and O–H groups in total. The van der Waals surface area contributed by atoms with Crippen LogP contribution in [0.5, 0.6) is 5.75 Å². The van der Waals surface area contributed by atoms with Gasteiger partial charge in [0.05, 0.1) is 4.47 Å². The molecule has 72 valence electrons. The van der Waals surface area contributed by atoms with Crippen molar-refractivity contribution in [2.45, 2.75) is 26.2 Å². The molecular weight excluding hydrogens is 296 g/mol. The van der Waals surface area contributed by atoms with Gasteiger partial charge in [-0.15, -0.1) is 0 Å². The number of hydrogen-bond donors (Lipinski definition) is 1. The van der Waals surface area contributed by atoms with Crippen molar-refractivity contribution in [3.05, 3.63) is 26.6 Å². The average Bonchev–Trinajstić information content (AvgIpc) is 1.94. The molecule has 0 aliphatic rings. The van der Waals surface area contributed by atoms with Crippen molar-refractivity contribution in [1.82, 2.24) is 0 Å². The van der Waals surface area contributed by atoms with Crippen molar-refractivity contribution in [3.8, 4) is 5.75 Å². The highest BCUT2D eigenvalue weighted by Crippen LogP contribution is 2.36. The molecule has 0 unspecified atom stereocenters. The fourth-order valence-corrected chi connectivity index (χ4v) is 2.38. The number of rotatable bonds is 0. The smallest absolute Gasteiger partial charge is 0.130 e. The lowest BCUT2D eigenvalue weighted by Crippen LogP contribution is -2.11. The van der Waals surface area contributed by atoms with Crippen LogP contribution in [0.1, 0.15) is 26.3 Å². The fourth-order valence-electron chi connectivity index (χ4n) is 1.11. The minimum atomic E-state index is 0.0784. The molecular formula is C10H12Br2O. The van der Waals surface area contributed by atoms with Crippen LogP contribution < -0.4 is 0 Å². The molecule has 0 amide bonds. The molecule has 1 nitrogen and oxygen atoms in total. The molecule has 3 heteroatoms. The molecule has 0 radical (unpaired) electrons. The first kappa shape index (κ1) is 11.1. The van der Waals surface area contributed by atoms with Gasteiger partial charge in [-0.3, -0.25) is 0 Å². The van der Waals surface area contributed by atoms with Gasteiger partial charge < -0.3 is 5.11 Å². The lowest BCUT2D eigenvalue weighted by Gasteiger charge is -2.21. The van der Waals surface area contributed by atoms with E-state index in [-0.39, 0.29) is 11.2 Å². The number of halogens is 2.